The topological polar surface area (TPSA) is 83.3 Å². The number of nitriles is 1. The van der Waals surface area contributed by atoms with Crippen LogP contribution < -0.4 is 5.43 Å². The highest BCUT2D eigenvalue weighted by molar-refractivity contribution is 5.84. The van der Waals surface area contributed by atoms with Crippen molar-refractivity contribution in [2.45, 2.75) is 40.5 Å². The summed E-state index contributed by atoms with van der Waals surface area (Å²) >= 11 is 0. The molecule has 3 rings (SSSR count). The SMILES string of the molecule is Cc1oc(-n2c(C)cc(/C=N/NC(=O)CCc3ccccc3)c2C)c(C#N)c1C. The van der Waals surface area contributed by atoms with Gasteiger partial charge in [-0.1, -0.05) is 30.3 Å². The van der Waals surface area contributed by atoms with E-state index in [4.69, 9.17) is 4.42 Å². The van der Waals surface area contributed by atoms with Crippen molar-refractivity contribution in [1.29, 1.82) is 5.26 Å². The van der Waals surface area contributed by atoms with E-state index >= 15 is 0 Å². The molecule has 1 aromatic carbocycles. The minimum atomic E-state index is -0.136. The predicted octanol–water partition coefficient (Wildman–Crippen LogP) is 4.26. The molecule has 3 aromatic rings. The van der Waals surface area contributed by atoms with Crippen LogP contribution >= 0.6 is 0 Å². The third-order valence-electron chi connectivity index (χ3n) is 5.03. The van der Waals surface area contributed by atoms with Crippen LogP contribution in [0.25, 0.3) is 5.88 Å². The number of nitrogens with one attached hydrogen (secondary N) is 1. The van der Waals surface area contributed by atoms with Crippen LogP contribution in [0.1, 0.15) is 45.8 Å². The molecule has 0 aliphatic rings. The molecule has 29 heavy (non-hydrogen) atoms. The Morgan fingerprint density at radius 2 is 1.97 bits per heavy atom. The van der Waals surface area contributed by atoms with Gasteiger partial charge in [-0.2, -0.15) is 10.4 Å². The van der Waals surface area contributed by atoms with Gasteiger partial charge in [-0.15, -0.1) is 0 Å². The van der Waals surface area contributed by atoms with Gasteiger partial charge in [0.15, 0.2) is 0 Å². The molecule has 2 aromatic heterocycles. The monoisotopic (exact) mass is 388 g/mol. The normalized spacial score (nSPS) is 11.0. The minimum absolute atomic E-state index is 0.136. The third kappa shape index (κ3) is 4.30. The number of carbonyl (C=O) groups excluding carboxylic acids is 1. The Labute approximate surface area is 170 Å². The van der Waals surface area contributed by atoms with Gasteiger partial charge >= 0.3 is 0 Å². The van der Waals surface area contributed by atoms with Crippen molar-refractivity contribution < 1.29 is 9.21 Å². The maximum Gasteiger partial charge on any atom is 0.240 e. The second kappa shape index (κ2) is 8.61. The average Bonchev–Trinajstić information content (AvgIpc) is 3.15. The number of hydrogen-bond acceptors (Lipinski definition) is 4. The zero-order chi connectivity index (χ0) is 21.0. The summed E-state index contributed by atoms with van der Waals surface area (Å²) in [6.45, 7) is 7.60. The molecule has 0 aliphatic heterocycles. The van der Waals surface area contributed by atoms with Crippen LogP contribution in [0.15, 0.2) is 45.9 Å². The first kappa shape index (κ1) is 20.2. The van der Waals surface area contributed by atoms with E-state index in [2.05, 4.69) is 16.6 Å². The zero-order valence-electron chi connectivity index (χ0n) is 17.1. The lowest BCUT2D eigenvalue weighted by atomic mass is 10.1. The van der Waals surface area contributed by atoms with Crippen molar-refractivity contribution >= 4 is 12.1 Å². The van der Waals surface area contributed by atoms with E-state index in [9.17, 15) is 10.1 Å². The van der Waals surface area contributed by atoms with Crippen molar-refractivity contribution in [3.05, 3.63) is 75.8 Å². The number of carbonyl (C=O) groups is 1. The fourth-order valence-electron chi connectivity index (χ4n) is 3.26. The maximum atomic E-state index is 12.0. The molecule has 1 amide bonds. The largest absolute Gasteiger partial charge is 0.443 e. The Morgan fingerprint density at radius 3 is 2.66 bits per heavy atom. The molecule has 0 fully saturated rings. The number of rotatable bonds is 6. The number of benzene rings is 1. The molecule has 0 bridgehead atoms. The molecule has 0 saturated heterocycles. The molecule has 2 heterocycles. The lowest BCUT2D eigenvalue weighted by molar-refractivity contribution is -0.121. The summed E-state index contributed by atoms with van der Waals surface area (Å²) in [6.07, 6.45) is 2.66. The second-order valence-electron chi connectivity index (χ2n) is 7.02. The average molecular weight is 388 g/mol. The van der Waals surface area contributed by atoms with Crippen LogP contribution in [-0.2, 0) is 11.2 Å². The van der Waals surface area contributed by atoms with Crippen molar-refractivity contribution in [2.75, 3.05) is 0 Å². The van der Waals surface area contributed by atoms with Crippen LogP contribution in [0.2, 0.25) is 0 Å². The zero-order valence-corrected chi connectivity index (χ0v) is 17.1. The Hall–Kier alpha value is -3.59. The molecule has 0 saturated carbocycles. The summed E-state index contributed by atoms with van der Waals surface area (Å²) in [7, 11) is 0. The molecule has 0 spiro atoms. The first-order valence-electron chi connectivity index (χ1n) is 9.47. The summed E-state index contributed by atoms with van der Waals surface area (Å²) in [4.78, 5) is 12.0. The highest BCUT2D eigenvalue weighted by atomic mass is 16.4. The fourth-order valence-corrected chi connectivity index (χ4v) is 3.26. The molecular weight excluding hydrogens is 364 g/mol. The summed E-state index contributed by atoms with van der Waals surface area (Å²) in [6, 6.07) is 14.0. The second-order valence-corrected chi connectivity index (χ2v) is 7.02. The smallest absolute Gasteiger partial charge is 0.240 e. The van der Waals surface area contributed by atoms with E-state index in [0.29, 0.717) is 24.3 Å². The first-order chi connectivity index (χ1) is 13.9. The number of furan rings is 1. The number of nitrogens with zero attached hydrogens (tertiary/aromatic N) is 3. The third-order valence-corrected chi connectivity index (χ3v) is 5.03. The van der Waals surface area contributed by atoms with Gasteiger partial charge in [-0.25, -0.2) is 5.43 Å². The van der Waals surface area contributed by atoms with E-state index < -0.39 is 0 Å². The van der Waals surface area contributed by atoms with Crippen molar-refractivity contribution in [3.8, 4) is 12.0 Å². The molecule has 148 valence electrons. The summed E-state index contributed by atoms with van der Waals surface area (Å²) in [5.41, 5.74) is 7.72. The van der Waals surface area contributed by atoms with Gasteiger partial charge in [-0.3, -0.25) is 9.36 Å². The van der Waals surface area contributed by atoms with Gasteiger partial charge in [0.1, 0.15) is 17.4 Å². The molecule has 0 radical (unpaired) electrons. The van der Waals surface area contributed by atoms with Crippen LogP contribution in [-0.4, -0.2) is 16.7 Å². The number of hydrogen-bond donors (Lipinski definition) is 1. The molecule has 1 N–H and O–H groups in total. The van der Waals surface area contributed by atoms with Crippen LogP contribution in [0.5, 0.6) is 0 Å². The van der Waals surface area contributed by atoms with Gasteiger partial charge in [-0.05, 0) is 45.7 Å². The first-order valence-corrected chi connectivity index (χ1v) is 9.47. The van der Waals surface area contributed by atoms with Gasteiger partial charge in [0.25, 0.3) is 0 Å². The van der Waals surface area contributed by atoms with Gasteiger partial charge in [0.05, 0.1) is 6.21 Å². The predicted molar refractivity (Wildman–Crippen MR) is 112 cm³/mol. The quantitative estimate of drug-likeness (QED) is 0.506. The minimum Gasteiger partial charge on any atom is -0.443 e. The van der Waals surface area contributed by atoms with Crippen LogP contribution in [0.3, 0.4) is 0 Å². The lowest BCUT2D eigenvalue weighted by Gasteiger charge is -2.06. The standard InChI is InChI=1S/C23H24N4O2/c1-15-12-20(14-25-26-22(28)11-10-19-8-6-5-7-9-19)17(3)27(15)23-21(13-24)16(2)18(4)29-23/h5-9,12,14H,10-11H2,1-4H3,(H,26,28)/b25-14+. The summed E-state index contributed by atoms with van der Waals surface area (Å²) < 4.78 is 7.74. The number of hydrazone groups is 1. The maximum absolute atomic E-state index is 12.0. The fraction of sp³-hybridized carbons (Fsp3) is 0.261. The van der Waals surface area contributed by atoms with E-state index in [1.165, 1.54) is 0 Å². The lowest BCUT2D eigenvalue weighted by Crippen LogP contribution is -2.17. The van der Waals surface area contributed by atoms with E-state index in [0.717, 1.165) is 33.8 Å². The Bertz CT molecular complexity index is 1100. The number of amides is 1. The molecule has 6 heteroatoms. The van der Waals surface area contributed by atoms with Crippen LogP contribution in [0, 0.1) is 39.0 Å². The number of aromatic nitrogens is 1. The van der Waals surface area contributed by atoms with Gasteiger partial charge < -0.3 is 4.42 Å². The van der Waals surface area contributed by atoms with Crippen LogP contribution in [0.4, 0.5) is 0 Å². The Kier molecular flexibility index (Phi) is 5.99. The Balaban J connectivity index is 1.71. The summed E-state index contributed by atoms with van der Waals surface area (Å²) in [5, 5.41) is 13.6. The molecule has 0 unspecified atom stereocenters. The highest BCUT2D eigenvalue weighted by Gasteiger charge is 2.20. The van der Waals surface area contributed by atoms with Crippen molar-refractivity contribution in [2.24, 2.45) is 5.10 Å². The van der Waals surface area contributed by atoms with Crippen molar-refractivity contribution in [1.82, 2.24) is 9.99 Å². The molecule has 0 atom stereocenters. The number of aryl methyl sites for hydroxylation is 3. The van der Waals surface area contributed by atoms with Gasteiger partial charge in [0, 0.05) is 28.9 Å². The van der Waals surface area contributed by atoms with Crippen molar-refractivity contribution in [3.63, 3.8) is 0 Å². The van der Waals surface area contributed by atoms with E-state index in [-0.39, 0.29) is 5.91 Å². The van der Waals surface area contributed by atoms with E-state index in [1.807, 2.05) is 68.7 Å². The summed E-state index contributed by atoms with van der Waals surface area (Å²) in [5.74, 6) is 1.11. The molecular formula is C23H24N4O2. The Morgan fingerprint density at radius 1 is 1.24 bits per heavy atom. The van der Waals surface area contributed by atoms with Gasteiger partial charge in [0.2, 0.25) is 11.8 Å². The highest BCUT2D eigenvalue weighted by Crippen LogP contribution is 2.28. The molecule has 6 nitrogen and oxygen atoms in total. The molecule has 0 aliphatic carbocycles. The van der Waals surface area contributed by atoms with E-state index in [1.54, 1.807) is 6.21 Å².